The maximum Gasteiger partial charge on any atom is 0.00730 e. The van der Waals surface area contributed by atoms with Crippen LogP contribution in [0.25, 0.3) is 0 Å². The quantitative estimate of drug-likeness (QED) is 0.656. The van der Waals surface area contributed by atoms with Gasteiger partial charge in [-0.05, 0) is 37.8 Å². The number of nitrogens with one attached hydrogen (secondary N) is 1. The van der Waals surface area contributed by atoms with Crippen LogP contribution in [0.1, 0.15) is 31.7 Å². The van der Waals surface area contributed by atoms with Crippen LogP contribution in [0, 0.1) is 0 Å². The van der Waals surface area contributed by atoms with E-state index in [9.17, 15) is 0 Å². The molecule has 1 unspecified atom stereocenters. The van der Waals surface area contributed by atoms with Crippen LogP contribution < -0.4 is 5.32 Å². The van der Waals surface area contributed by atoms with E-state index in [1.54, 1.807) is 0 Å². The van der Waals surface area contributed by atoms with E-state index in [4.69, 9.17) is 0 Å². The molecule has 1 rings (SSSR count). The molecular formula is C15H23N. The van der Waals surface area contributed by atoms with Crippen molar-refractivity contribution in [2.45, 2.75) is 38.6 Å². The highest BCUT2D eigenvalue weighted by Crippen LogP contribution is 2.09. The lowest BCUT2D eigenvalue weighted by atomic mass is 10.0. The summed E-state index contributed by atoms with van der Waals surface area (Å²) in [5.41, 5.74) is 1.43. The lowest BCUT2D eigenvalue weighted by Gasteiger charge is -2.16. The van der Waals surface area contributed by atoms with Gasteiger partial charge >= 0.3 is 0 Å². The fourth-order valence-corrected chi connectivity index (χ4v) is 1.94. The molecule has 0 saturated carbocycles. The molecular weight excluding hydrogens is 194 g/mol. The maximum atomic E-state index is 3.78. The molecule has 0 aliphatic rings. The molecule has 0 saturated heterocycles. The highest BCUT2D eigenvalue weighted by atomic mass is 14.9. The smallest absolute Gasteiger partial charge is 0.00730 e. The number of hydrogen-bond donors (Lipinski definition) is 1. The monoisotopic (exact) mass is 217 g/mol. The third-order valence-electron chi connectivity index (χ3n) is 2.84. The Morgan fingerprint density at radius 2 is 2.00 bits per heavy atom. The van der Waals surface area contributed by atoms with E-state index in [2.05, 4.69) is 49.2 Å². The molecule has 0 aromatic heterocycles. The number of hydrogen-bond acceptors (Lipinski definition) is 1. The van der Waals surface area contributed by atoms with Crippen molar-refractivity contribution < 1.29 is 0 Å². The van der Waals surface area contributed by atoms with E-state index in [0.717, 1.165) is 19.4 Å². The normalized spacial score (nSPS) is 12.3. The Balaban J connectivity index is 2.34. The van der Waals surface area contributed by atoms with Crippen molar-refractivity contribution in [3.8, 4) is 0 Å². The molecule has 0 spiro atoms. The zero-order chi connectivity index (χ0) is 11.6. The Kier molecular flexibility index (Phi) is 6.59. The van der Waals surface area contributed by atoms with Crippen molar-refractivity contribution in [2.24, 2.45) is 0 Å². The number of aryl methyl sites for hydroxylation is 1. The van der Waals surface area contributed by atoms with Crippen LogP contribution in [-0.4, -0.2) is 12.6 Å². The first-order valence-corrected chi connectivity index (χ1v) is 6.25. The van der Waals surface area contributed by atoms with Crippen molar-refractivity contribution >= 4 is 0 Å². The summed E-state index contributed by atoms with van der Waals surface area (Å²) in [6, 6.07) is 11.3. The minimum absolute atomic E-state index is 0.628. The Bertz CT molecular complexity index is 279. The van der Waals surface area contributed by atoms with Gasteiger partial charge in [-0.15, -0.1) is 6.58 Å². The molecule has 0 aliphatic carbocycles. The Morgan fingerprint density at radius 1 is 1.25 bits per heavy atom. The lowest BCUT2D eigenvalue weighted by molar-refractivity contribution is 0.467. The van der Waals surface area contributed by atoms with Crippen molar-refractivity contribution in [3.63, 3.8) is 0 Å². The van der Waals surface area contributed by atoms with Gasteiger partial charge in [0.15, 0.2) is 0 Å². The van der Waals surface area contributed by atoms with E-state index in [0.29, 0.717) is 6.04 Å². The number of allylic oxidation sites excluding steroid dienone is 1. The Hall–Kier alpha value is -1.08. The van der Waals surface area contributed by atoms with Crippen LogP contribution in [0.3, 0.4) is 0 Å². The van der Waals surface area contributed by atoms with E-state index in [1.807, 2.05) is 6.08 Å². The van der Waals surface area contributed by atoms with Gasteiger partial charge in [-0.3, -0.25) is 0 Å². The van der Waals surface area contributed by atoms with Gasteiger partial charge in [-0.25, -0.2) is 0 Å². The third kappa shape index (κ3) is 5.13. The minimum Gasteiger partial charge on any atom is -0.314 e. The second-order valence-electron chi connectivity index (χ2n) is 4.14. The van der Waals surface area contributed by atoms with Gasteiger partial charge in [0, 0.05) is 6.04 Å². The van der Waals surface area contributed by atoms with E-state index < -0.39 is 0 Å². The van der Waals surface area contributed by atoms with Gasteiger partial charge in [0.05, 0.1) is 0 Å². The molecule has 0 radical (unpaired) electrons. The molecule has 0 amide bonds. The summed E-state index contributed by atoms with van der Waals surface area (Å²) in [6.07, 6.45) is 6.69. The summed E-state index contributed by atoms with van der Waals surface area (Å²) in [4.78, 5) is 0. The van der Waals surface area contributed by atoms with E-state index in [-0.39, 0.29) is 0 Å². The Morgan fingerprint density at radius 3 is 2.62 bits per heavy atom. The molecule has 1 aromatic carbocycles. The highest BCUT2D eigenvalue weighted by molar-refractivity contribution is 5.14. The van der Waals surface area contributed by atoms with Gasteiger partial charge < -0.3 is 5.32 Å². The van der Waals surface area contributed by atoms with Crippen LogP contribution in [0.2, 0.25) is 0 Å². The topological polar surface area (TPSA) is 12.0 Å². The molecule has 0 aliphatic heterocycles. The fraction of sp³-hybridized carbons (Fsp3) is 0.467. The zero-order valence-electron chi connectivity index (χ0n) is 10.3. The van der Waals surface area contributed by atoms with Gasteiger partial charge in [0.1, 0.15) is 0 Å². The molecule has 1 heteroatoms. The summed E-state index contributed by atoms with van der Waals surface area (Å²) in [7, 11) is 0. The minimum atomic E-state index is 0.628. The summed E-state index contributed by atoms with van der Waals surface area (Å²) >= 11 is 0. The van der Waals surface area contributed by atoms with Crippen molar-refractivity contribution in [2.75, 3.05) is 6.54 Å². The summed E-state index contributed by atoms with van der Waals surface area (Å²) in [5, 5.41) is 3.54. The van der Waals surface area contributed by atoms with Crippen molar-refractivity contribution in [3.05, 3.63) is 48.6 Å². The molecule has 0 fully saturated rings. The predicted molar refractivity (Wildman–Crippen MR) is 71.7 cm³/mol. The third-order valence-corrected chi connectivity index (χ3v) is 2.84. The molecule has 16 heavy (non-hydrogen) atoms. The lowest BCUT2D eigenvalue weighted by Crippen LogP contribution is -2.29. The van der Waals surface area contributed by atoms with Crippen LogP contribution in [-0.2, 0) is 6.42 Å². The molecule has 0 bridgehead atoms. The molecule has 1 atom stereocenters. The number of rotatable bonds is 8. The molecule has 1 nitrogen and oxygen atoms in total. The first-order valence-electron chi connectivity index (χ1n) is 6.25. The van der Waals surface area contributed by atoms with Gasteiger partial charge in [0.2, 0.25) is 0 Å². The molecule has 88 valence electrons. The zero-order valence-corrected chi connectivity index (χ0v) is 10.3. The van der Waals surface area contributed by atoms with Gasteiger partial charge in [0.25, 0.3) is 0 Å². The van der Waals surface area contributed by atoms with E-state index in [1.165, 1.54) is 18.4 Å². The Labute approximate surface area is 99.6 Å². The van der Waals surface area contributed by atoms with Gasteiger partial charge in [-0.2, -0.15) is 0 Å². The first kappa shape index (κ1) is 13.0. The van der Waals surface area contributed by atoms with Crippen LogP contribution >= 0.6 is 0 Å². The molecule has 1 aromatic rings. The summed E-state index contributed by atoms with van der Waals surface area (Å²) in [6.45, 7) is 7.01. The summed E-state index contributed by atoms with van der Waals surface area (Å²) < 4.78 is 0. The SMILES string of the molecule is C=CCCC(CCc1ccccc1)NCC. The fourth-order valence-electron chi connectivity index (χ4n) is 1.94. The molecule has 0 heterocycles. The predicted octanol–water partition coefficient (Wildman–Crippen LogP) is 3.56. The maximum absolute atomic E-state index is 3.78. The second-order valence-corrected chi connectivity index (χ2v) is 4.14. The van der Waals surface area contributed by atoms with Crippen molar-refractivity contribution in [1.82, 2.24) is 5.32 Å². The van der Waals surface area contributed by atoms with Crippen LogP contribution in [0.5, 0.6) is 0 Å². The first-order chi connectivity index (χ1) is 7.86. The largest absolute Gasteiger partial charge is 0.314 e. The average Bonchev–Trinajstić information content (AvgIpc) is 2.34. The molecule has 1 N–H and O–H groups in total. The van der Waals surface area contributed by atoms with Crippen LogP contribution in [0.15, 0.2) is 43.0 Å². The van der Waals surface area contributed by atoms with Crippen molar-refractivity contribution in [1.29, 1.82) is 0 Å². The highest BCUT2D eigenvalue weighted by Gasteiger charge is 2.05. The summed E-state index contributed by atoms with van der Waals surface area (Å²) in [5.74, 6) is 0. The second kappa shape index (κ2) is 8.12. The average molecular weight is 217 g/mol. The van der Waals surface area contributed by atoms with Gasteiger partial charge in [-0.1, -0.05) is 43.3 Å². The standard InChI is InChI=1S/C15H23N/c1-3-5-11-15(16-4-2)13-12-14-9-7-6-8-10-14/h3,6-10,15-16H,1,4-5,11-13H2,2H3. The van der Waals surface area contributed by atoms with Crippen LogP contribution in [0.4, 0.5) is 0 Å². The van der Waals surface area contributed by atoms with E-state index >= 15 is 0 Å². The number of benzene rings is 1.